The van der Waals surface area contributed by atoms with Crippen LogP contribution in [-0.2, 0) is 13.0 Å². The van der Waals surface area contributed by atoms with E-state index in [-0.39, 0.29) is 6.61 Å². The van der Waals surface area contributed by atoms with Crippen LogP contribution in [0.1, 0.15) is 24.1 Å². The fourth-order valence-electron chi connectivity index (χ4n) is 2.83. The first-order chi connectivity index (χ1) is 10.3. The van der Waals surface area contributed by atoms with Gasteiger partial charge in [0.05, 0.1) is 18.0 Å². The summed E-state index contributed by atoms with van der Waals surface area (Å²) in [6.45, 7) is 2.28. The minimum Gasteiger partial charge on any atom is -0.392 e. The molecule has 21 heavy (non-hydrogen) atoms. The van der Waals surface area contributed by atoms with Crippen LogP contribution in [-0.4, -0.2) is 28.4 Å². The number of aliphatic hydroxyl groups excluding tert-OH is 1. The summed E-state index contributed by atoms with van der Waals surface area (Å²) >= 11 is 0. The predicted octanol–water partition coefficient (Wildman–Crippen LogP) is 2.18. The lowest BCUT2D eigenvalue weighted by Gasteiger charge is -2.21. The number of hydrogen-bond acceptors (Lipinski definition) is 4. The van der Waals surface area contributed by atoms with Crippen molar-refractivity contribution >= 4 is 0 Å². The molecule has 1 aromatic carbocycles. The van der Waals surface area contributed by atoms with Crippen molar-refractivity contribution in [1.29, 1.82) is 0 Å². The van der Waals surface area contributed by atoms with Gasteiger partial charge < -0.3 is 10.4 Å². The monoisotopic (exact) mass is 283 g/mol. The number of nitrogens with one attached hydrogen (secondary N) is 1. The molecule has 1 saturated heterocycles. The zero-order chi connectivity index (χ0) is 14.5. The first-order valence-electron chi connectivity index (χ1n) is 7.58. The molecule has 0 radical (unpaired) electrons. The van der Waals surface area contributed by atoms with Crippen molar-refractivity contribution in [3.05, 3.63) is 47.7 Å². The van der Waals surface area contributed by atoms with Gasteiger partial charge in [0.2, 0.25) is 0 Å². The number of benzene rings is 1. The summed E-state index contributed by atoms with van der Waals surface area (Å²) in [6.07, 6.45) is 3.47. The first kappa shape index (κ1) is 14.2. The average molecular weight is 283 g/mol. The fraction of sp³-hybridized carbons (Fsp3) is 0.412. The maximum absolute atomic E-state index is 9.19. The van der Waals surface area contributed by atoms with Crippen LogP contribution in [0.2, 0.25) is 0 Å². The fourth-order valence-corrected chi connectivity index (χ4v) is 2.83. The third-order valence-corrected chi connectivity index (χ3v) is 4.08. The van der Waals surface area contributed by atoms with Crippen LogP contribution in [0.15, 0.2) is 36.4 Å². The van der Waals surface area contributed by atoms with E-state index in [1.165, 1.54) is 12.8 Å². The molecule has 1 aliphatic rings. The summed E-state index contributed by atoms with van der Waals surface area (Å²) < 4.78 is 0. The van der Waals surface area contributed by atoms with Crippen LogP contribution in [0.5, 0.6) is 0 Å². The Hall–Kier alpha value is -1.78. The molecule has 1 aromatic heterocycles. The van der Waals surface area contributed by atoms with Crippen LogP contribution in [0, 0.1) is 5.92 Å². The second-order valence-corrected chi connectivity index (χ2v) is 5.67. The van der Waals surface area contributed by atoms with Crippen molar-refractivity contribution in [1.82, 2.24) is 15.5 Å². The summed E-state index contributed by atoms with van der Waals surface area (Å²) in [5, 5.41) is 21.3. The van der Waals surface area contributed by atoms with Crippen LogP contribution >= 0.6 is 0 Å². The van der Waals surface area contributed by atoms with Gasteiger partial charge in [-0.05, 0) is 62.0 Å². The smallest absolute Gasteiger partial charge is 0.0929 e. The number of nitrogens with zero attached hydrogens (tertiary/aromatic N) is 2. The van der Waals surface area contributed by atoms with E-state index in [0.717, 1.165) is 47.9 Å². The molecule has 0 spiro atoms. The zero-order valence-corrected chi connectivity index (χ0v) is 12.1. The number of rotatable bonds is 4. The highest BCUT2D eigenvalue weighted by Gasteiger charge is 2.14. The quantitative estimate of drug-likeness (QED) is 0.903. The lowest BCUT2D eigenvalue weighted by Crippen LogP contribution is -2.28. The van der Waals surface area contributed by atoms with Crippen LogP contribution in [0.4, 0.5) is 0 Å². The van der Waals surface area contributed by atoms with E-state index in [1.807, 2.05) is 30.3 Å². The highest BCUT2D eigenvalue weighted by molar-refractivity contribution is 5.59. The van der Waals surface area contributed by atoms with E-state index in [1.54, 1.807) is 0 Å². The predicted molar refractivity (Wildman–Crippen MR) is 82.7 cm³/mol. The molecule has 0 amide bonds. The topological polar surface area (TPSA) is 58.0 Å². The summed E-state index contributed by atoms with van der Waals surface area (Å²) in [5.74, 6) is 0.726. The third-order valence-electron chi connectivity index (χ3n) is 4.08. The Morgan fingerprint density at radius 2 is 1.95 bits per heavy atom. The van der Waals surface area contributed by atoms with Crippen LogP contribution in [0.3, 0.4) is 0 Å². The van der Waals surface area contributed by atoms with Gasteiger partial charge in [-0.15, -0.1) is 0 Å². The van der Waals surface area contributed by atoms with E-state index >= 15 is 0 Å². The second kappa shape index (κ2) is 6.78. The summed E-state index contributed by atoms with van der Waals surface area (Å²) in [4.78, 5) is 0. The van der Waals surface area contributed by atoms with Gasteiger partial charge in [0.25, 0.3) is 0 Å². The van der Waals surface area contributed by atoms with Gasteiger partial charge in [-0.3, -0.25) is 0 Å². The maximum atomic E-state index is 9.19. The zero-order valence-electron chi connectivity index (χ0n) is 12.1. The molecule has 0 unspecified atom stereocenters. The molecular weight excluding hydrogens is 262 g/mol. The van der Waals surface area contributed by atoms with Gasteiger partial charge in [0.1, 0.15) is 0 Å². The standard InChI is InChI=1S/C17H21N3O/c21-12-14-2-1-3-15(10-14)17-5-4-16(19-20-17)11-13-6-8-18-9-7-13/h1-5,10,13,18,21H,6-9,11-12H2. The largest absolute Gasteiger partial charge is 0.392 e. The Bertz CT molecular complexity index is 577. The van der Waals surface area contributed by atoms with E-state index in [4.69, 9.17) is 0 Å². The SMILES string of the molecule is OCc1cccc(-c2ccc(CC3CCNCC3)nn2)c1. The Morgan fingerprint density at radius 1 is 1.10 bits per heavy atom. The van der Waals surface area contributed by atoms with E-state index in [0.29, 0.717) is 0 Å². The molecule has 0 saturated carbocycles. The van der Waals surface area contributed by atoms with Crippen molar-refractivity contribution in [3.8, 4) is 11.3 Å². The van der Waals surface area contributed by atoms with Crippen LogP contribution in [0.25, 0.3) is 11.3 Å². The molecule has 1 aliphatic heterocycles. The molecule has 4 nitrogen and oxygen atoms in total. The molecule has 2 N–H and O–H groups in total. The molecule has 0 aliphatic carbocycles. The summed E-state index contributed by atoms with van der Waals surface area (Å²) in [6, 6.07) is 11.9. The molecule has 0 bridgehead atoms. The lowest BCUT2D eigenvalue weighted by atomic mass is 9.93. The van der Waals surface area contributed by atoms with Gasteiger partial charge in [-0.1, -0.05) is 18.2 Å². The molecule has 3 rings (SSSR count). The van der Waals surface area contributed by atoms with Crippen molar-refractivity contribution < 1.29 is 5.11 Å². The molecule has 0 atom stereocenters. The number of piperidine rings is 1. The van der Waals surface area contributed by atoms with E-state index < -0.39 is 0 Å². The highest BCUT2D eigenvalue weighted by Crippen LogP contribution is 2.20. The van der Waals surface area contributed by atoms with Crippen molar-refractivity contribution in [3.63, 3.8) is 0 Å². The number of hydrogen-bond donors (Lipinski definition) is 2. The average Bonchev–Trinajstić information content (AvgIpc) is 2.56. The van der Waals surface area contributed by atoms with Gasteiger partial charge in [0.15, 0.2) is 0 Å². The van der Waals surface area contributed by atoms with E-state index in [2.05, 4.69) is 21.6 Å². The minimum atomic E-state index is 0.0507. The van der Waals surface area contributed by atoms with E-state index in [9.17, 15) is 5.11 Å². The van der Waals surface area contributed by atoms with Gasteiger partial charge in [0, 0.05) is 5.56 Å². The molecule has 110 valence electrons. The summed E-state index contributed by atoms with van der Waals surface area (Å²) in [7, 11) is 0. The normalized spacial score (nSPS) is 16.0. The van der Waals surface area contributed by atoms with Gasteiger partial charge in [-0.2, -0.15) is 10.2 Å². The summed E-state index contributed by atoms with van der Waals surface area (Å²) in [5.41, 5.74) is 3.83. The molecule has 2 aromatic rings. The highest BCUT2D eigenvalue weighted by atomic mass is 16.3. The minimum absolute atomic E-state index is 0.0507. The lowest BCUT2D eigenvalue weighted by molar-refractivity contribution is 0.282. The Kier molecular flexibility index (Phi) is 4.58. The molecule has 4 heteroatoms. The van der Waals surface area contributed by atoms with Gasteiger partial charge >= 0.3 is 0 Å². The molecular formula is C17H21N3O. The van der Waals surface area contributed by atoms with Crippen molar-refractivity contribution in [2.24, 2.45) is 5.92 Å². The van der Waals surface area contributed by atoms with Crippen molar-refractivity contribution in [2.45, 2.75) is 25.9 Å². The van der Waals surface area contributed by atoms with Gasteiger partial charge in [-0.25, -0.2) is 0 Å². The molecule has 2 heterocycles. The Morgan fingerprint density at radius 3 is 2.67 bits per heavy atom. The Balaban J connectivity index is 1.70. The second-order valence-electron chi connectivity index (χ2n) is 5.67. The van der Waals surface area contributed by atoms with Crippen molar-refractivity contribution in [2.75, 3.05) is 13.1 Å². The number of aromatic nitrogens is 2. The maximum Gasteiger partial charge on any atom is 0.0929 e. The third kappa shape index (κ3) is 3.65. The first-order valence-corrected chi connectivity index (χ1v) is 7.58. The van der Waals surface area contributed by atoms with Crippen LogP contribution < -0.4 is 5.32 Å². The number of aliphatic hydroxyl groups is 1. The Labute approximate surface area is 125 Å². The molecule has 1 fully saturated rings.